The van der Waals surface area contributed by atoms with Gasteiger partial charge in [-0.25, -0.2) is 4.68 Å². The molecule has 1 aromatic heterocycles. The maximum atomic E-state index is 14.0. The van der Waals surface area contributed by atoms with E-state index in [1.807, 2.05) is 6.92 Å². The largest absolute Gasteiger partial charge is 0.494 e. The fraction of sp³-hybridized carbons (Fsp3) is 0.333. The Balaban J connectivity index is 1.65. The molecule has 35 heavy (non-hydrogen) atoms. The van der Waals surface area contributed by atoms with Crippen LogP contribution in [0.4, 0.5) is 24.7 Å². The van der Waals surface area contributed by atoms with Crippen LogP contribution in [0.1, 0.15) is 41.3 Å². The SMILES string of the molecule is CCOc1ccc(NC(=O)c2cnn3c2N[C@@H](c2ccc(OC)c(OC)c2)C[C@@H]3C(F)(F)F)cc1. The fourth-order valence-corrected chi connectivity index (χ4v) is 4.02. The number of nitrogens with zero attached hydrogens (tertiary/aromatic N) is 2. The van der Waals surface area contributed by atoms with E-state index in [0.29, 0.717) is 35.1 Å². The lowest BCUT2D eigenvalue weighted by atomic mass is 9.96. The third kappa shape index (κ3) is 4.98. The van der Waals surface area contributed by atoms with Gasteiger partial charge in [0.05, 0.1) is 33.1 Å². The van der Waals surface area contributed by atoms with E-state index in [1.54, 1.807) is 42.5 Å². The molecule has 2 N–H and O–H groups in total. The van der Waals surface area contributed by atoms with Crippen LogP contribution in [0, 0.1) is 0 Å². The number of ether oxygens (including phenoxy) is 3. The predicted molar refractivity (Wildman–Crippen MR) is 123 cm³/mol. The van der Waals surface area contributed by atoms with E-state index in [-0.39, 0.29) is 17.8 Å². The number of carbonyl (C=O) groups is 1. The Kier molecular flexibility index (Phi) is 6.77. The first-order valence-electron chi connectivity index (χ1n) is 10.9. The Bertz CT molecular complexity index is 1190. The van der Waals surface area contributed by atoms with Crippen LogP contribution in [0.25, 0.3) is 0 Å². The van der Waals surface area contributed by atoms with Crippen LogP contribution >= 0.6 is 0 Å². The number of alkyl halides is 3. The van der Waals surface area contributed by atoms with E-state index >= 15 is 0 Å². The van der Waals surface area contributed by atoms with Gasteiger partial charge < -0.3 is 24.8 Å². The van der Waals surface area contributed by atoms with Gasteiger partial charge in [0.25, 0.3) is 5.91 Å². The normalized spacial score (nSPS) is 17.2. The van der Waals surface area contributed by atoms with Crippen LogP contribution in [0.5, 0.6) is 17.2 Å². The number of halogens is 3. The minimum Gasteiger partial charge on any atom is -0.494 e. The fourth-order valence-electron chi connectivity index (χ4n) is 4.02. The lowest BCUT2D eigenvalue weighted by Gasteiger charge is -2.34. The van der Waals surface area contributed by atoms with Crippen LogP contribution in [-0.4, -0.2) is 42.7 Å². The lowest BCUT2D eigenvalue weighted by molar-refractivity contribution is -0.173. The van der Waals surface area contributed by atoms with Gasteiger partial charge in [0.1, 0.15) is 17.1 Å². The minimum absolute atomic E-state index is 0.00156. The molecule has 0 saturated carbocycles. The van der Waals surface area contributed by atoms with Crippen molar-refractivity contribution in [2.75, 3.05) is 31.5 Å². The zero-order valence-electron chi connectivity index (χ0n) is 19.3. The van der Waals surface area contributed by atoms with E-state index < -0.39 is 24.2 Å². The molecule has 0 fully saturated rings. The number of nitrogens with one attached hydrogen (secondary N) is 2. The van der Waals surface area contributed by atoms with Crippen LogP contribution in [0.3, 0.4) is 0 Å². The number of hydrogen-bond donors (Lipinski definition) is 2. The number of anilines is 2. The third-order valence-electron chi connectivity index (χ3n) is 5.72. The molecule has 2 atom stereocenters. The highest BCUT2D eigenvalue weighted by molar-refractivity contribution is 6.07. The molecular formula is C24H25F3N4O4. The Morgan fingerprint density at radius 3 is 2.49 bits per heavy atom. The first-order chi connectivity index (χ1) is 16.7. The standard InChI is InChI=1S/C24H25F3N4O4/c1-4-35-16-8-6-15(7-9-16)29-23(32)17-13-28-31-21(24(25,26)27)12-18(30-22(17)31)14-5-10-19(33-2)20(11-14)34-3/h5-11,13,18,21,30H,4,12H2,1-3H3,(H,29,32)/t18-,21-/m1/s1. The zero-order valence-corrected chi connectivity index (χ0v) is 19.3. The molecule has 1 aliphatic rings. The van der Waals surface area contributed by atoms with E-state index in [1.165, 1.54) is 14.2 Å². The molecule has 4 rings (SSSR count). The van der Waals surface area contributed by atoms with Gasteiger partial charge in [-0.05, 0) is 48.9 Å². The molecule has 0 spiro atoms. The van der Waals surface area contributed by atoms with Crippen LogP contribution in [0.2, 0.25) is 0 Å². The van der Waals surface area contributed by atoms with E-state index in [4.69, 9.17) is 14.2 Å². The summed E-state index contributed by atoms with van der Waals surface area (Å²) in [6, 6.07) is 8.94. The topological polar surface area (TPSA) is 86.6 Å². The molecular weight excluding hydrogens is 465 g/mol. The van der Waals surface area contributed by atoms with Crippen LogP contribution < -0.4 is 24.8 Å². The number of hydrogen-bond acceptors (Lipinski definition) is 6. The number of methoxy groups -OCH3 is 2. The van der Waals surface area contributed by atoms with Crippen LogP contribution in [0.15, 0.2) is 48.7 Å². The number of aromatic nitrogens is 2. The lowest BCUT2D eigenvalue weighted by Crippen LogP contribution is -2.36. The molecule has 0 saturated heterocycles. The molecule has 3 aromatic rings. The summed E-state index contributed by atoms with van der Waals surface area (Å²) in [6.45, 7) is 2.36. The molecule has 11 heteroatoms. The molecule has 0 bridgehead atoms. The molecule has 1 amide bonds. The van der Waals surface area contributed by atoms with Gasteiger partial charge in [0.2, 0.25) is 0 Å². The molecule has 0 unspecified atom stereocenters. The average Bonchev–Trinajstić information content (AvgIpc) is 3.28. The van der Waals surface area contributed by atoms with Gasteiger partial charge in [0.15, 0.2) is 17.5 Å². The predicted octanol–water partition coefficient (Wildman–Crippen LogP) is 5.21. The number of amides is 1. The number of benzene rings is 2. The Hall–Kier alpha value is -3.89. The molecule has 1 aliphatic heterocycles. The number of rotatable bonds is 7. The Labute approximate surface area is 200 Å². The highest BCUT2D eigenvalue weighted by Crippen LogP contribution is 2.45. The molecule has 0 aliphatic carbocycles. The maximum Gasteiger partial charge on any atom is 0.410 e. The first-order valence-corrected chi connectivity index (χ1v) is 10.9. The third-order valence-corrected chi connectivity index (χ3v) is 5.72. The highest BCUT2D eigenvalue weighted by Gasteiger charge is 2.47. The molecule has 0 radical (unpaired) electrons. The van der Waals surface area contributed by atoms with Crippen molar-refractivity contribution in [3.63, 3.8) is 0 Å². The molecule has 2 heterocycles. The average molecular weight is 490 g/mol. The van der Waals surface area contributed by atoms with E-state index in [9.17, 15) is 18.0 Å². The van der Waals surface area contributed by atoms with Gasteiger partial charge in [-0.3, -0.25) is 4.79 Å². The molecule has 186 valence electrons. The first kappa shape index (κ1) is 24.2. The van der Waals surface area contributed by atoms with Crippen molar-refractivity contribution >= 4 is 17.4 Å². The van der Waals surface area contributed by atoms with Crippen molar-refractivity contribution in [1.29, 1.82) is 0 Å². The van der Waals surface area contributed by atoms with Gasteiger partial charge >= 0.3 is 6.18 Å². The summed E-state index contributed by atoms with van der Waals surface area (Å²) >= 11 is 0. The Morgan fingerprint density at radius 2 is 1.86 bits per heavy atom. The minimum atomic E-state index is -4.57. The monoisotopic (exact) mass is 490 g/mol. The second kappa shape index (κ2) is 9.77. The summed E-state index contributed by atoms with van der Waals surface area (Å²) in [7, 11) is 2.93. The van der Waals surface area contributed by atoms with Crippen molar-refractivity contribution in [2.45, 2.75) is 31.6 Å². The van der Waals surface area contributed by atoms with E-state index in [2.05, 4.69) is 15.7 Å². The van der Waals surface area contributed by atoms with Gasteiger partial charge in [-0.15, -0.1) is 0 Å². The number of carbonyl (C=O) groups excluding carboxylic acids is 1. The molecule has 2 aromatic carbocycles. The van der Waals surface area contributed by atoms with Crippen molar-refractivity contribution < 1.29 is 32.2 Å². The van der Waals surface area contributed by atoms with Gasteiger partial charge in [-0.1, -0.05) is 6.07 Å². The summed E-state index contributed by atoms with van der Waals surface area (Å²) < 4.78 is 58.7. The zero-order chi connectivity index (χ0) is 25.2. The number of fused-ring (bicyclic) bond motifs is 1. The summed E-state index contributed by atoms with van der Waals surface area (Å²) in [5.41, 5.74) is 1.03. The van der Waals surface area contributed by atoms with Crippen molar-refractivity contribution in [3.8, 4) is 17.2 Å². The van der Waals surface area contributed by atoms with E-state index in [0.717, 1.165) is 10.9 Å². The summed E-state index contributed by atoms with van der Waals surface area (Å²) in [5, 5.41) is 9.67. The van der Waals surface area contributed by atoms with Crippen LogP contribution in [-0.2, 0) is 0 Å². The maximum absolute atomic E-state index is 14.0. The Morgan fingerprint density at radius 1 is 1.14 bits per heavy atom. The van der Waals surface area contributed by atoms with Crippen molar-refractivity contribution in [3.05, 3.63) is 59.8 Å². The summed E-state index contributed by atoms with van der Waals surface area (Å²) in [5.74, 6) is 0.891. The quantitative estimate of drug-likeness (QED) is 0.473. The second-order valence-corrected chi connectivity index (χ2v) is 7.87. The smallest absolute Gasteiger partial charge is 0.410 e. The van der Waals surface area contributed by atoms with Crippen molar-refractivity contribution in [1.82, 2.24) is 9.78 Å². The van der Waals surface area contributed by atoms with Crippen molar-refractivity contribution in [2.24, 2.45) is 0 Å². The highest BCUT2D eigenvalue weighted by atomic mass is 19.4. The molecule has 8 nitrogen and oxygen atoms in total. The summed E-state index contributed by atoms with van der Waals surface area (Å²) in [4.78, 5) is 13.0. The summed E-state index contributed by atoms with van der Waals surface area (Å²) in [6.07, 6.45) is -3.74. The second-order valence-electron chi connectivity index (χ2n) is 7.87. The van der Waals surface area contributed by atoms with Gasteiger partial charge in [-0.2, -0.15) is 18.3 Å². The van der Waals surface area contributed by atoms with Gasteiger partial charge in [0, 0.05) is 12.1 Å².